The molecule has 3 nitrogen and oxygen atoms in total. The van der Waals surface area contributed by atoms with Gasteiger partial charge in [0.15, 0.2) is 6.10 Å². The lowest BCUT2D eigenvalue weighted by Crippen LogP contribution is -2.30. The van der Waals surface area contributed by atoms with Crippen LogP contribution in [0.4, 0.5) is 5.69 Å². The van der Waals surface area contributed by atoms with Crippen LogP contribution in [0.2, 0.25) is 10.0 Å². The standard InChI is InChI=1S/C16H14BrCl2NO2/c1-9-7-11(17)3-5-14(9)20-16(21)10(2)22-15-6-4-12(18)8-13(15)19/h3-8,10H,1-2H3,(H,20,21)/t10-/m1/s1. The molecule has 0 aromatic heterocycles. The minimum atomic E-state index is -0.693. The third-order valence-electron chi connectivity index (χ3n) is 3.01. The summed E-state index contributed by atoms with van der Waals surface area (Å²) in [5.74, 6) is 0.165. The van der Waals surface area contributed by atoms with E-state index in [1.165, 1.54) is 0 Å². The van der Waals surface area contributed by atoms with E-state index < -0.39 is 6.10 Å². The second-order valence-corrected chi connectivity index (χ2v) is 6.54. The molecule has 0 spiro atoms. The van der Waals surface area contributed by atoms with E-state index in [2.05, 4.69) is 21.2 Å². The largest absolute Gasteiger partial charge is 0.479 e. The Morgan fingerprint density at radius 2 is 1.95 bits per heavy atom. The van der Waals surface area contributed by atoms with Crippen LogP contribution >= 0.6 is 39.1 Å². The van der Waals surface area contributed by atoms with Gasteiger partial charge in [-0.15, -0.1) is 0 Å². The van der Waals surface area contributed by atoms with Gasteiger partial charge in [-0.2, -0.15) is 0 Å². The molecule has 0 aliphatic heterocycles. The van der Waals surface area contributed by atoms with Crippen LogP contribution in [0.5, 0.6) is 5.75 Å². The first-order valence-electron chi connectivity index (χ1n) is 6.55. The van der Waals surface area contributed by atoms with E-state index in [4.69, 9.17) is 27.9 Å². The highest BCUT2D eigenvalue weighted by Crippen LogP contribution is 2.28. The van der Waals surface area contributed by atoms with Crippen LogP contribution in [0.15, 0.2) is 40.9 Å². The molecule has 0 saturated heterocycles. The molecule has 0 bridgehead atoms. The summed E-state index contributed by atoms with van der Waals surface area (Å²) < 4.78 is 6.54. The number of rotatable bonds is 4. The van der Waals surface area contributed by atoms with Gasteiger partial charge in [0.05, 0.1) is 5.02 Å². The molecular weight excluding hydrogens is 389 g/mol. The molecule has 0 aliphatic carbocycles. The zero-order valence-electron chi connectivity index (χ0n) is 12.0. The maximum atomic E-state index is 12.2. The topological polar surface area (TPSA) is 38.3 Å². The van der Waals surface area contributed by atoms with E-state index in [0.717, 1.165) is 15.7 Å². The van der Waals surface area contributed by atoms with Gasteiger partial charge in [-0.1, -0.05) is 39.1 Å². The third-order valence-corrected chi connectivity index (χ3v) is 4.04. The van der Waals surface area contributed by atoms with Crippen molar-refractivity contribution in [2.45, 2.75) is 20.0 Å². The molecule has 0 heterocycles. The summed E-state index contributed by atoms with van der Waals surface area (Å²) in [5.41, 5.74) is 1.70. The van der Waals surface area contributed by atoms with Gasteiger partial charge in [-0.3, -0.25) is 4.79 Å². The van der Waals surface area contributed by atoms with Crippen molar-refractivity contribution in [3.63, 3.8) is 0 Å². The van der Waals surface area contributed by atoms with Gasteiger partial charge in [0.25, 0.3) is 5.91 Å². The Morgan fingerprint density at radius 3 is 2.59 bits per heavy atom. The van der Waals surface area contributed by atoms with Crippen LogP contribution in [0.3, 0.4) is 0 Å². The van der Waals surface area contributed by atoms with Crippen molar-refractivity contribution in [3.8, 4) is 5.75 Å². The molecule has 22 heavy (non-hydrogen) atoms. The van der Waals surface area contributed by atoms with Crippen LogP contribution in [0, 0.1) is 6.92 Å². The number of carbonyl (C=O) groups is 1. The second kappa shape index (κ2) is 7.36. The minimum absolute atomic E-state index is 0.253. The maximum Gasteiger partial charge on any atom is 0.265 e. The highest BCUT2D eigenvalue weighted by Gasteiger charge is 2.17. The van der Waals surface area contributed by atoms with Gasteiger partial charge in [0, 0.05) is 15.2 Å². The van der Waals surface area contributed by atoms with Gasteiger partial charge < -0.3 is 10.1 Å². The van der Waals surface area contributed by atoms with Crippen molar-refractivity contribution >= 4 is 50.7 Å². The summed E-state index contributed by atoms with van der Waals surface area (Å²) in [7, 11) is 0. The Labute approximate surface area is 147 Å². The third kappa shape index (κ3) is 4.38. The van der Waals surface area contributed by atoms with Crippen LogP contribution in [-0.4, -0.2) is 12.0 Å². The van der Waals surface area contributed by atoms with Crippen LogP contribution in [-0.2, 0) is 4.79 Å². The minimum Gasteiger partial charge on any atom is -0.479 e. The molecule has 0 unspecified atom stereocenters. The molecule has 1 amide bonds. The Kier molecular flexibility index (Phi) is 5.73. The lowest BCUT2D eigenvalue weighted by Gasteiger charge is -2.16. The number of halogens is 3. The number of anilines is 1. The van der Waals surface area contributed by atoms with E-state index >= 15 is 0 Å². The molecule has 0 fully saturated rings. The first kappa shape index (κ1) is 17.1. The number of amides is 1. The molecule has 2 aromatic rings. The maximum absolute atomic E-state index is 12.2. The number of benzene rings is 2. The van der Waals surface area contributed by atoms with Crippen molar-refractivity contribution in [2.75, 3.05) is 5.32 Å². The molecule has 2 aromatic carbocycles. The molecule has 1 N–H and O–H groups in total. The average Bonchev–Trinajstić information content (AvgIpc) is 2.44. The zero-order chi connectivity index (χ0) is 16.3. The predicted octanol–water partition coefficient (Wildman–Crippen LogP) is 5.47. The van der Waals surface area contributed by atoms with Gasteiger partial charge in [-0.25, -0.2) is 0 Å². The number of aryl methyl sites for hydroxylation is 1. The lowest BCUT2D eigenvalue weighted by molar-refractivity contribution is -0.122. The van der Waals surface area contributed by atoms with Crippen molar-refractivity contribution in [2.24, 2.45) is 0 Å². The predicted molar refractivity (Wildman–Crippen MR) is 94.1 cm³/mol. The second-order valence-electron chi connectivity index (χ2n) is 4.78. The Bertz CT molecular complexity index is 707. The number of nitrogens with one attached hydrogen (secondary N) is 1. The number of hydrogen-bond donors (Lipinski definition) is 1. The highest BCUT2D eigenvalue weighted by molar-refractivity contribution is 9.10. The average molecular weight is 403 g/mol. The molecular formula is C16H14BrCl2NO2. The highest BCUT2D eigenvalue weighted by atomic mass is 79.9. The molecule has 6 heteroatoms. The quantitative estimate of drug-likeness (QED) is 0.736. The summed E-state index contributed by atoms with van der Waals surface area (Å²) in [5, 5.41) is 3.72. The summed E-state index contributed by atoms with van der Waals surface area (Å²) in [6.45, 7) is 3.58. The summed E-state index contributed by atoms with van der Waals surface area (Å²) >= 11 is 15.3. The van der Waals surface area contributed by atoms with Crippen LogP contribution < -0.4 is 10.1 Å². The molecule has 116 valence electrons. The van der Waals surface area contributed by atoms with Gasteiger partial charge in [0.1, 0.15) is 5.75 Å². The van der Waals surface area contributed by atoms with E-state index in [9.17, 15) is 4.79 Å². The fourth-order valence-electron chi connectivity index (χ4n) is 1.82. The van der Waals surface area contributed by atoms with Gasteiger partial charge in [0.2, 0.25) is 0 Å². The van der Waals surface area contributed by atoms with E-state index in [0.29, 0.717) is 15.8 Å². The van der Waals surface area contributed by atoms with Crippen molar-refractivity contribution in [1.82, 2.24) is 0 Å². The Morgan fingerprint density at radius 1 is 1.23 bits per heavy atom. The van der Waals surface area contributed by atoms with Gasteiger partial charge in [-0.05, 0) is 55.8 Å². The molecule has 0 radical (unpaired) electrons. The van der Waals surface area contributed by atoms with E-state index in [1.54, 1.807) is 25.1 Å². The number of ether oxygens (including phenoxy) is 1. The fourth-order valence-corrected chi connectivity index (χ4v) is 2.75. The molecule has 1 atom stereocenters. The van der Waals surface area contributed by atoms with Crippen LogP contribution in [0.25, 0.3) is 0 Å². The normalized spacial score (nSPS) is 11.9. The lowest BCUT2D eigenvalue weighted by atomic mass is 10.2. The van der Waals surface area contributed by atoms with Crippen molar-refractivity contribution in [3.05, 3.63) is 56.5 Å². The zero-order valence-corrected chi connectivity index (χ0v) is 15.1. The summed E-state index contributed by atoms with van der Waals surface area (Å²) in [6.07, 6.45) is -0.693. The number of carbonyl (C=O) groups excluding carboxylic acids is 1. The van der Waals surface area contributed by atoms with E-state index in [1.807, 2.05) is 25.1 Å². The Hall–Kier alpha value is -1.23. The van der Waals surface area contributed by atoms with Gasteiger partial charge >= 0.3 is 0 Å². The van der Waals surface area contributed by atoms with E-state index in [-0.39, 0.29) is 5.91 Å². The summed E-state index contributed by atoms with van der Waals surface area (Å²) in [6, 6.07) is 10.5. The smallest absolute Gasteiger partial charge is 0.265 e. The molecule has 2 rings (SSSR count). The first-order valence-corrected chi connectivity index (χ1v) is 8.10. The Balaban J connectivity index is 2.05. The monoisotopic (exact) mass is 401 g/mol. The molecule has 0 aliphatic rings. The fraction of sp³-hybridized carbons (Fsp3) is 0.188. The SMILES string of the molecule is Cc1cc(Br)ccc1NC(=O)[C@@H](C)Oc1ccc(Cl)cc1Cl. The number of hydrogen-bond acceptors (Lipinski definition) is 2. The van der Waals surface area contributed by atoms with Crippen molar-refractivity contribution < 1.29 is 9.53 Å². The van der Waals surface area contributed by atoms with Crippen LogP contribution in [0.1, 0.15) is 12.5 Å². The summed E-state index contributed by atoms with van der Waals surface area (Å²) in [4.78, 5) is 12.2. The van der Waals surface area contributed by atoms with Crippen molar-refractivity contribution in [1.29, 1.82) is 0 Å². The first-order chi connectivity index (χ1) is 10.4. The molecule has 0 saturated carbocycles.